The fraction of sp³-hybridized carbons (Fsp3) is 1.00. The van der Waals surface area contributed by atoms with Gasteiger partial charge in [0.15, 0.2) is 0 Å². The van der Waals surface area contributed by atoms with Crippen molar-refractivity contribution in [3.63, 3.8) is 0 Å². The van der Waals surface area contributed by atoms with Gasteiger partial charge in [-0.3, -0.25) is 0 Å². The van der Waals surface area contributed by atoms with Crippen LogP contribution in [0.1, 0.15) is 39.5 Å². The summed E-state index contributed by atoms with van der Waals surface area (Å²) in [5.41, 5.74) is 0.461. The van der Waals surface area contributed by atoms with Crippen molar-refractivity contribution in [3.8, 4) is 0 Å². The van der Waals surface area contributed by atoms with Gasteiger partial charge in [0.1, 0.15) is 0 Å². The van der Waals surface area contributed by atoms with Crippen molar-refractivity contribution in [1.29, 1.82) is 0 Å². The van der Waals surface area contributed by atoms with Crippen LogP contribution in [0.4, 0.5) is 0 Å². The highest BCUT2D eigenvalue weighted by molar-refractivity contribution is 6.18. The molecule has 1 saturated carbocycles. The summed E-state index contributed by atoms with van der Waals surface area (Å²) in [7, 11) is 0. The number of hydrogen-bond acceptors (Lipinski definition) is 1. The number of hydrogen-bond donors (Lipinski definition) is 1. The molecular weight excluding hydrogens is 182 g/mol. The largest absolute Gasteiger partial charge is 0.315 e. The van der Waals surface area contributed by atoms with Gasteiger partial charge in [0.2, 0.25) is 0 Å². The molecule has 0 aromatic carbocycles. The summed E-state index contributed by atoms with van der Waals surface area (Å²) in [4.78, 5) is 0. The number of nitrogens with one attached hydrogen (secondary N) is 1. The fourth-order valence-electron chi connectivity index (χ4n) is 2.33. The van der Waals surface area contributed by atoms with Gasteiger partial charge < -0.3 is 5.32 Å². The molecule has 0 amide bonds. The molecule has 0 heterocycles. The van der Waals surface area contributed by atoms with Gasteiger partial charge in [-0.05, 0) is 24.2 Å². The Morgan fingerprint density at radius 2 is 1.92 bits per heavy atom. The second kappa shape index (κ2) is 5.21. The van der Waals surface area contributed by atoms with Crippen LogP contribution in [-0.2, 0) is 0 Å². The average Bonchev–Trinajstić information content (AvgIpc) is 2.56. The Morgan fingerprint density at radius 3 is 2.46 bits per heavy atom. The van der Waals surface area contributed by atoms with Crippen molar-refractivity contribution in [2.24, 2.45) is 11.3 Å². The van der Waals surface area contributed by atoms with Crippen molar-refractivity contribution in [2.45, 2.75) is 39.5 Å². The van der Waals surface area contributed by atoms with E-state index < -0.39 is 0 Å². The van der Waals surface area contributed by atoms with E-state index in [0.29, 0.717) is 5.41 Å². The van der Waals surface area contributed by atoms with Crippen LogP contribution in [0.25, 0.3) is 0 Å². The van der Waals surface area contributed by atoms with E-state index in [1.54, 1.807) is 0 Å². The Kier molecular flexibility index (Phi) is 4.54. The molecule has 0 aromatic rings. The Morgan fingerprint density at radius 1 is 1.31 bits per heavy atom. The van der Waals surface area contributed by atoms with Crippen LogP contribution < -0.4 is 5.32 Å². The molecule has 1 rings (SSSR count). The van der Waals surface area contributed by atoms with E-state index in [9.17, 15) is 0 Å². The topological polar surface area (TPSA) is 12.0 Å². The highest BCUT2D eigenvalue weighted by atomic mass is 35.5. The first kappa shape index (κ1) is 11.3. The van der Waals surface area contributed by atoms with Gasteiger partial charge in [-0.1, -0.05) is 26.7 Å². The van der Waals surface area contributed by atoms with Gasteiger partial charge in [0.25, 0.3) is 0 Å². The predicted molar refractivity (Wildman–Crippen MR) is 59.3 cm³/mol. The van der Waals surface area contributed by atoms with Crippen LogP contribution in [0, 0.1) is 11.3 Å². The monoisotopic (exact) mass is 203 g/mol. The molecule has 1 N–H and O–H groups in total. The van der Waals surface area contributed by atoms with Crippen molar-refractivity contribution in [2.75, 3.05) is 19.0 Å². The Labute approximate surface area is 87.2 Å². The minimum atomic E-state index is 0.461. The van der Waals surface area contributed by atoms with Crippen LogP contribution in [0.2, 0.25) is 0 Å². The number of alkyl halides is 1. The summed E-state index contributed by atoms with van der Waals surface area (Å²) in [6.45, 7) is 6.82. The molecule has 1 fully saturated rings. The Balaban J connectivity index is 2.26. The second-order valence-corrected chi connectivity index (χ2v) is 5.21. The van der Waals surface area contributed by atoms with Gasteiger partial charge in [-0.15, -0.1) is 11.6 Å². The lowest BCUT2D eigenvalue weighted by Gasteiger charge is -2.31. The third kappa shape index (κ3) is 3.47. The quantitative estimate of drug-likeness (QED) is 0.535. The summed E-state index contributed by atoms with van der Waals surface area (Å²) in [5, 5.41) is 3.42. The van der Waals surface area contributed by atoms with E-state index in [4.69, 9.17) is 11.6 Å². The SMILES string of the molecule is CC(C)(CNCCCl)C1CCCC1. The molecule has 0 aliphatic heterocycles. The fourth-order valence-corrected chi connectivity index (χ4v) is 2.46. The zero-order valence-electron chi connectivity index (χ0n) is 8.91. The average molecular weight is 204 g/mol. The molecule has 78 valence electrons. The summed E-state index contributed by atoms with van der Waals surface area (Å²) in [5.74, 6) is 1.65. The molecular formula is C11H22ClN. The minimum Gasteiger partial charge on any atom is -0.315 e. The predicted octanol–water partition coefficient (Wildman–Crippen LogP) is 3.03. The molecule has 0 spiro atoms. The highest BCUT2D eigenvalue weighted by Gasteiger charge is 2.30. The maximum Gasteiger partial charge on any atom is 0.0348 e. The molecule has 2 heteroatoms. The molecule has 0 saturated heterocycles. The lowest BCUT2D eigenvalue weighted by atomic mass is 9.78. The molecule has 0 atom stereocenters. The summed E-state index contributed by atoms with van der Waals surface area (Å²) in [6, 6.07) is 0. The van der Waals surface area contributed by atoms with Crippen molar-refractivity contribution in [3.05, 3.63) is 0 Å². The van der Waals surface area contributed by atoms with Gasteiger partial charge >= 0.3 is 0 Å². The van der Waals surface area contributed by atoms with E-state index >= 15 is 0 Å². The number of halogens is 1. The standard InChI is InChI=1S/C11H22ClN/c1-11(2,9-13-8-7-12)10-5-3-4-6-10/h10,13H,3-9H2,1-2H3. The van der Waals surface area contributed by atoms with E-state index in [1.165, 1.54) is 25.7 Å². The summed E-state index contributed by atoms with van der Waals surface area (Å²) in [6.07, 6.45) is 5.72. The molecule has 0 bridgehead atoms. The van der Waals surface area contributed by atoms with Crippen molar-refractivity contribution in [1.82, 2.24) is 5.32 Å². The normalized spacial score (nSPS) is 19.6. The first-order valence-corrected chi connectivity index (χ1v) is 5.97. The molecule has 0 radical (unpaired) electrons. The van der Waals surface area contributed by atoms with Crippen LogP contribution in [-0.4, -0.2) is 19.0 Å². The van der Waals surface area contributed by atoms with E-state index in [1.807, 2.05) is 0 Å². The number of rotatable bonds is 5. The molecule has 0 aromatic heterocycles. The van der Waals surface area contributed by atoms with Gasteiger partial charge in [0.05, 0.1) is 0 Å². The lowest BCUT2D eigenvalue weighted by Crippen LogP contribution is -2.35. The van der Waals surface area contributed by atoms with E-state index in [0.717, 1.165) is 24.9 Å². The molecule has 1 aliphatic rings. The van der Waals surface area contributed by atoms with Crippen LogP contribution in [0.5, 0.6) is 0 Å². The summed E-state index contributed by atoms with van der Waals surface area (Å²) < 4.78 is 0. The smallest absolute Gasteiger partial charge is 0.0348 e. The zero-order chi connectivity index (χ0) is 9.73. The van der Waals surface area contributed by atoms with Gasteiger partial charge in [-0.25, -0.2) is 0 Å². The first-order valence-electron chi connectivity index (χ1n) is 5.43. The molecule has 1 nitrogen and oxygen atoms in total. The second-order valence-electron chi connectivity index (χ2n) is 4.84. The van der Waals surface area contributed by atoms with Crippen molar-refractivity contribution < 1.29 is 0 Å². The maximum absolute atomic E-state index is 5.63. The highest BCUT2D eigenvalue weighted by Crippen LogP contribution is 2.38. The van der Waals surface area contributed by atoms with Crippen LogP contribution in [0.15, 0.2) is 0 Å². The zero-order valence-corrected chi connectivity index (χ0v) is 9.66. The van der Waals surface area contributed by atoms with E-state index in [2.05, 4.69) is 19.2 Å². The minimum absolute atomic E-state index is 0.461. The van der Waals surface area contributed by atoms with Crippen LogP contribution in [0.3, 0.4) is 0 Å². The lowest BCUT2D eigenvalue weighted by molar-refractivity contribution is 0.210. The Hall–Kier alpha value is 0.250. The summed E-state index contributed by atoms with van der Waals surface area (Å²) >= 11 is 5.63. The van der Waals surface area contributed by atoms with Crippen molar-refractivity contribution >= 4 is 11.6 Å². The Bertz CT molecular complexity index is 139. The van der Waals surface area contributed by atoms with Crippen LogP contribution >= 0.6 is 11.6 Å². The molecule has 0 unspecified atom stereocenters. The third-order valence-electron chi connectivity index (χ3n) is 3.31. The third-order valence-corrected chi connectivity index (χ3v) is 3.50. The first-order chi connectivity index (χ1) is 6.17. The van der Waals surface area contributed by atoms with Gasteiger partial charge in [-0.2, -0.15) is 0 Å². The maximum atomic E-state index is 5.63. The van der Waals surface area contributed by atoms with Gasteiger partial charge in [0, 0.05) is 19.0 Å². The molecule has 1 aliphatic carbocycles. The molecule has 13 heavy (non-hydrogen) atoms. The van der Waals surface area contributed by atoms with E-state index in [-0.39, 0.29) is 0 Å².